The molecule has 0 bridgehead atoms. The van der Waals surface area contributed by atoms with Gasteiger partial charge in [0.1, 0.15) is 11.8 Å². The zero-order valence-electron chi connectivity index (χ0n) is 11.8. The molecule has 1 aliphatic rings. The molecule has 5 nitrogen and oxygen atoms in total. The first-order valence-electron chi connectivity index (χ1n) is 6.58. The Bertz CT molecular complexity index is 594. The standard InChI is InChI=1S/C14H14Cl3NO4/c1-21-14(20)11-3-2-4-18(11)13(19)7-22-12-6-9(16)8(15)5-10(12)17/h5-6,11H,2-4,7H2,1H3/t11-/m0/s1. The summed E-state index contributed by atoms with van der Waals surface area (Å²) in [6.45, 7) is 0.252. The van der Waals surface area contributed by atoms with E-state index in [0.717, 1.165) is 6.42 Å². The average molecular weight is 367 g/mol. The molecular weight excluding hydrogens is 353 g/mol. The van der Waals surface area contributed by atoms with Crippen LogP contribution in [0.15, 0.2) is 12.1 Å². The number of hydrogen-bond donors (Lipinski definition) is 0. The van der Waals surface area contributed by atoms with Gasteiger partial charge in [-0.1, -0.05) is 34.8 Å². The maximum atomic E-state index is 12.2. The molecule has 0 aromatic heterocycles. The van der Waals surface area contributed by atoms with Gasteiger partial charge >= 0.3 is 5.97 Å². The average Bonchev–Trinajstić information content (AvgIpc) is 2.98. The fraction of sp³-hybridized carbons (Fsp3) is 0.429. The Hall–Kier alpha value is -1.17. The maximum absolute atomic E-state index is 12.2. The van der Waals surface area contributed by atoms with Crippen LogP contribution in [0.4, 0.5) is 0 Å². The molecule has 1 aliphatic heterocycles. The van der Waals surface area contributed by atoms with Gasteiger partial charge in [-0.3, -0.25) is 4.79 Å². The molecule has 0 unspecified atom stereocenters. The minimum atomic E-state index is -0.551. The van der Waals surface area contributed by atoms with Crippen LogP contribution in [-0.2, 0) is 14.3 Å². The fourth-order valence-electron chi connectivity index (χ4n) is 2.28. The summed E-state index contributed by atoms with van der Waals surface area (Å²) in [5.74, 6) is -0.466. The molecule has 1 fully saturated rings. The summed E-state index contributed by atoms with van der Waals surface area (Å²) in [7, 11) is 1.30. The van der Waals surface area contributed by atoms with Crippen LogP contribution in [0.5, 0.6) is 5.75 Å². The van der Waals surface area contributed by atoms with Crippen molar-refractivity contribution in [1.82, 2.24) is 4.90 Å². The summed E-state index contributed by atoms with van der Waals surface area (Å²) >= 11 is 17.7. The molecule has 2 rings (SSSR count). The summed E-state index contributed by atoms with van der Waals surface area (Å²) in [5.41, 5.74) is 0. The largest absolute Gasteiger partial charge is 0.482 e. The van der Waals surface area contributed by atoms with E-state index in [1.54, 1.807) is 0 Å². The number of halogens is 3. The number of rotatable bonds is 4. The van der Waals surface area contributed by atoms with Gasteiger partial charge in [0.25, 0.3) is 5.91 Å². The lowest BCUT2D eigenvalue weighted by atomic mass is 10.2. The Kier molecular flexibility index (Phi) is 5.78. The molecule has 8 heteroatoms. The molecule has 0 N–H and O–H groups in total. The maximum Gasteiger partial charge on any atom is 0.328 e. The highest BCUT2D eigenvalue weighted by molar-refractivity contribution is 6.43. The Balaban J connectivity index is 2.01. The van der Waals surface area contributed by atoms with Gasteiger partial charge in [0.05, 0.1) is 22.2 Å². The number of hydrogen-bond acceptors (Lipinski definition) is 4. The van der Waals surface area contributed by atoms with Crippen molar-refractivity contribution in [2.75, 3.05) is 20.3 Å². The summed E-state index contributed by atoms with van der Waals surface area (Å²) < 4.78 is 10.1. The van der Waals surface area contributed by atoms with Crippen LogP contribution in [0.25, 0.3) is 0 Å². The van der Waals surface area contributed by atoms with Gasteiger partial charge in [-0.05, 0) is 18.9 Å². The number of amides is 1. The first-order chi connectivity index (χ1) is 10.4. The fourth-order valence-corrected chi connectivity index (χ4v) is 2.88. The molecule has 0 aliphatic carbocycles. The Morgan fingerprint density at radius 2 is 1.91 bits per heavy atom. The van der Waals surface area contributed by atoms with E-state index in [1.165, 1.54) is 24.1 Å². The highest BCUT2D eigenvalue weighted by Gasteiger charge is 2.34. The van der Waals surface area contributed by atoms with Crippen molar-refractivity contribution in [2.24, 2.45) is 0 Å². The summed E-state index contributed by atoms with van der Waals surface area (Å²) in [6, 6.07) is 2.34. The number of nitrogens with zero attached hydrogens (tertiary/aromatic N) is 1. The van der Waals surface area contributed by atoms with Crippen LogP contribution >= 0.6 is 34.8 Å². The van der Waals surface area contributed by atoms with Crippen LogP contribution in [-0.4, -0.2) is 43.1 Å². The number of methoxy groups -OCH3 is 1. The number of carbonyl (C=O) groups is 2. The van der Waals surface area contributed by atoms with E-state index in [-0.39, 0.29) is 28.3 Å². The summed E-state index contributed by atoms with van der Waals surface area (Å²) in [6.07, 6.45) is 1.34. The topological polar surface area (TPSA) is 55.8 Å². The monoisotopic (exact) mass is 365 g/mol. The van der Waals surface area contributed by atoms with Gasteiger partial charge in [-0.2, -0.15) is 0 Å². The number of ether oxygens (including phenoxy) is 2. The van der Waals surface area contributed by atoms with E-state index in [4.69, 9.17) is 44.3 Å². The van der Waals surface area contributed by atoms with Crippen molar-refractivity contribution in [1.29, 1.82) is 0 Å². The van der Waals surface area contributed by atoms with Gasteiger partial charge < -0.3 is 14.4 Å². The van der Waals surface area contributed by atoms with Crippen molar-refractivity contribution in [3.63, 3.8) is 0 Å². The second-order valence-electron chi connectivity index (χ2n) is 4.75. The van der Waals surface area contributed by atoms with Crippen LogP contribution in [0, 0.1) is 0 Å². The smallest absolute Gasteiger partial charge is 0.328 e. The molecule has 1 aromatic carbocycles. The van der Waals surface area contributed by atoms with Gasteiger partial charge in [-0.15, -0.1) is 0 Å². The quantitative estimate of drug-likeness (QED) is 0.606. The molecule has 22 heavy (non-hydrogen) atoms. The Morgan fingerprint density at radius 1 is 1.23 bits per heavy atom. The van der Waals surface area contributed by atoms with E-state index in [1.807, 2.05) is 0 Å². The minimum absolute atomic E-state index is 0.245. The van der Waals surface area contributed by atoms with E-state index in [0.29, 0.717) is 18.0 Å². The van der Waals surface area contributed by atoms with Gasteiger partial charge in [0, 0.05) is 12.6 Å². The minimum Gasteiger partial charge on any atom is -0.482 e. The first-order valence-corrected chi connectivity index (χ1v) is 7.72. The lowest BCUT2D eigenvalue weighted by molar-refractivity contribution is -0.151. The molecule has 0 spiro atoms. The van der Waals surface area contributed by atoms with Crippen molar-refractivity contribution in [3.05, 3.63) is 27.2 Å². The number of benzene rings is 1. The molecule has 1 amide bonds. The first kappa shape index (κ1) is 17.2. The van der Waals surface area contributed by atoms with E-state index in [2.05, 4.69) is 0 Å². The van der Waals surface area contributed by atoms with Crippen LogP contribution < -0.4 is 4.74 Å². The van der Waals surface area contributed by atoms with Crippen LogP contribution in [0.2, 0.25) is 15.1 Å². The Morgan fingerprint density at radius 3 is 2.59 bits per heavy atom. The van der Waals surface area contributed by atoms with Gasteiger partial charge in [-0.25, -0.2) is 4.79 Å². The van der Waals surface area contributed by atoms with Crippen molar-refractivity contribution in [3.8, 4) is 5.75 Å². The van der Waals surface area contributed by atoms with Crippen molar-refractivity contribution < 1.29 is 19.1 Å². The molecule has 1 atom stereocenters. The highest BCUT2D eigenvalue weighted by Crippen LogP contribution is 2.33. The zero-order chi connectivity index (χ0) is 16.3. The van der Waals surface area contributed by atoms with Gasteiger partial charge in [0.2, 0.25) is 0 Å². The van der Waals surface area contributed by atoms with Crippen molar-refractivity contribution >= 4 is 46.7 Å². The molecule has 1 saturated heterocycles. The lowest BCUT2D eigenvalue weighted by Crippen LogP contribution is -2.43. The number of carbonyl (C=O) groups excluding carboxylic acids is 2. The number of esters is 1. The van der Waals surface area contributed by atoms with E-state index >= 15 is 0 Å². The third-order valence-corrected chi connectivity index (χ3v) is 4.39. The van der Waals surface area contributed by atoms with Crippen LogP contribution in [0.1, 0.15) is 12.8 Å². The summed E-state index contributed by atoms with van der Waals surface area (Å²) in [4.78, 5) is 25.3. The summed E-state index contributed by atoms with van der Waals surface area (Å²) in [5, 5.41) is 0.839. The molecule has 1 aromatic rings. The van der Waals surface area contributed by atoms with Gasteiger partial charge in [0.15, 0.2) is 6.61 Å². The SMILES string of the molecule is COC(=O)[C@@H]1CCCN1C(=O)COc1cc(Cl)c(Cl)cc1Cl. The van der Waals surface area contributed by atoms with Crippen molar-refractivity contribution in [2.45, 2.75) is 18.9 Å². The normalized spacial score (nSPS) is 17.5. The Labute approximate surface area is 143 Å². The molecule has 0 saturated carbocycles. The zero-order valence-corrected chi connectivity index (χ0v) is 14.0. The number of likely N-dealkylation sites (tertiary alicyclic amines) is 1. The predicted octanol–water partition coefficient (Wildman–Crippen LogP) is 3.19. The molecule has 1 heterocycles. The molecule has 120 valence electrons. The van der Waals surface area contributed by atoms with E-state index in [9.17, 15) is 9.59 Å². The second kappa shape index (κ2) is 7.40. The third-order valence-electron chi connectivity index (χ3n) is 3.37. The predicted molar refractivity (Wildman–Crippen MR) is 83.7 cm³/mol. The third kappa shape index (κ3) is 3.77. The molecular formula is C14H14Cl3NO4. The highest BCUT2D eigenvalue weighted by atomic mass is 35.5. The lowest BCUT2D eigenvalue weighted by Gasteiger charge is -2.22. The molecule has 0 radical (unpaired) electrons. The van der Waals surface area contributed by atoms with Crippen LogP contribution in [0.3, 0.4) is 0 Å². The second-order valence-corrected chi connectivity index (χ2v) is 5.98. The van der Waals surface area contributed by atoms with E-state index < -0.39 is 12.0 Å².